The Morgan fingerprint density at radius 2 is 1.73 bits per heavy atom. The van der Waals surface area contributed by atoms with Crippen molar-refractivity contribution in [3.05, 3.63) is 59.7 Å². The smallest absolute Gasteiger partial charge is 0.222 e. The lowest BCUT2D eigenvalue weighted by atomic mass is 9.67. The zero-order valence-corrected chi connectivity index (χ0v) is 21.2. The van der Waals surface area contributed by atoms with Gasteiger partial charge in [0.1, 0.15) is 5.75 Å². The van der Waals surface area contributed by atoms with Gasteiger partial charge in [0.25, 0.3) is 0 Å². The third-order valence-electron chi connectivity index (χ3n) is 6.88. The molecule has 5 heteroatoms. The highest BCUT2D eigenvalue weighted by molar-refractivity contribution is 5.75. The minimum absolute atomic E-state index is 0.0327. The van der Waals surface area contributed by atoms with Crippen molar-refractivity contribution in [3.8, 4) is 5.75 Å². The standard InChI is InChI=1S/C28H40N2O3/c1-7-26(31)30(20-22-8-12-24(13-9-22)29(4)5)18-16-28(17-19-33-27(2,3)21-28)23-10-14-25(32-6)15-11-23/h8-15H,7,16-21H2,1-6H3/t28-/m1/s1. The van der Waals surface area contributed by atoms with Crippen LogP contribution in [0.1, 0.15) is 57.6 Å². The number of nitrogens with zero attached hydrogens (tertiary/aromatic N) is 2. The van der Waals surface area contributed by atoms with Crippen LogP contribution >= 0.6 is 0 Å². The Hall–Kier alpha value is -2.53. The van der Waals surface area contributed by atoms with Gasteiger partial charge < -0.3 is 19.3 Å². The lowest BCUT2D eigenvalue weighted by molar-refractivity contribution is -0.132. The van der Waals surface area contributed by atoms with E-state index in [0.29, 0.717) is 13.0 Å². The lowest BCUT2D eigenvalue weighted by Crippen LogP contribution is -2.46. The summed E-state index contributed by atoms with van der Waals surface area (Å²) in [5.41, 5.74) is 3.40. The zero-order valence-electron chi connectivity index (χ0n) is 21.2. The summed E-state index contributed by atoms with van der Waals surface area (Å²) in [6.07, 6.45) is 3.31. The second kappa shape index (κ2) is 10.6. The predicted octanol–water partition coefficient (Wildman–Crippen LogP) is 5.42. The predicted molar refractivity (Wildman–Crippen MR) is 135 cm³/mol. The Bertz CT molecular complexity index is 906. The highest BCUT2D eigenvalue weighted by Crippen LogP contribution is 2.44. The molecular weight excluding hydrogens is 412 g/mol. The van der Waals surface area contributed by atoms with Gasteiger partial charge in [-0.05, 0) is 68.5 Å². The second-order valence-electron chi connectivity index (χ2n) is 10.0. The second-order valence-corrected chi connectivity index (χ2v) is 10.0. The highest BCUT2D eigenvalue weighted by Gasteiger charge is 2.42. The van der Waals surface area contributed by atoms with Gasteiger partial charge in [0, 0.05) is 51.3 Å². The number of rotatable bonds is 9. The fourth-order valence-electron chi connectivity index (χ4n) is 5.01. The summed E-state index contributed by atoms with van der Waals surface area (Å²) in [5.74, 6) is 1.06. The average molecular weight is 453 g/mol. The number of hydrogen-bond donors (Lipinski definition) is 0. The van der Waals surface area contributed by atoms with Crippen LogP contribution in [-0.4, -0.2) is 50.8 Å². The van der Waals surface area contributed by atoms with Crippen molar-refractivity contribution in [2.24, 2.45) is 0 Å². The maximum absolute atomic E-state index is 12.9. The molecule has 0 aromatic heterocycles. The fourth-order valence-corrected chi connectivity index (χ4v) is 5.01. The molecule has 0 N–H and O–H groups in total. The third-order valence-corrected chi connectivity index (χ3v) is 6.88. The Morgan fingerprint density at radius 1 is 1.06 bits per heavy atom. The van der Waals surface area contributed by atoms with Gasteiger partial charge in [0.2, 0.25) is 5.91 Å². The average Bonchev–Trinajstić information content (AvgIpc) is 2.81. The molecule has 180 valence electrons. The Labute approximate surface area is 199 Å². The topological polar surface area (TPSA) is 42.0 Å². The van der Waals surface area contributed by atoms with Crippen LogP contribution in [0.25, 0.3) is 0 Å². The van der Waals surface area contributed by atoms with Crippen molar-refractivity contribution in [1.29, 1.82) is 0 Å². The number of carbonyl (C=O) groups excluding carboxylic acids is 1. The van der Waals surface area contributed by atoms with E-state index in [2.05, 4.69) is 55.1 Å². The molecule has 1 aliphatic rings. The van der Waals surface area contributed by atoms with E-state index < -0.39 is 0 Å². The molecule has 0 spiro atoms. The third kappa shape index (κ3) is 6.29. The summed E-state index contributed by atoms with van der Waals surface area (Å²) < 4.78 is 11.5. The molecule has 0 aliphatic carbocycles. The number of hydrogen-bond acceptors (Lipinski definition) is 4. The van der Waals surface area contributed by atoms with E-state index in [1.807, 2.05) is 38.1 Å². The molecule has 5 nitrogen and oxygen atoms in total. The molecule has 1 heterocycles. The fraction of sp³-hybridized carbons (Fsp3) is 0.536. The number of carbonyl (C=O) groups is 1. The van der Waals surface area contributed by atoms with Gasteiger partial charge in [-0.3, -0.25) is 4.79 Å². The van der Waals surface area contributed by atoms with Crippen LogP contribution in [0.2, 0.25) is 0 Å². The number of methoxy groups -OCH3 is 1. The number of anilines is 1. The van der Waals surface area contributed by atoms with Gasteiger partial charge >= 0.3 is 0 Å². The van der Waals surface area contributed by atoms with E-state index in [1.54, 1.807) is 7.11 Å². The van der Waals surface area contributed by atoms with Crippen LogP contribution in [0.4, 0.5) is 5.69 Å². The van der Waals surface area contributed by atoms with Crippen LogP contribution in [0.3, 0.4) is 0 Å². The maximum Gasteiger partial charge on any atom is 0.222 e. The van der Waals surface area contributed by atoms with Gasteiger partial charge in [0.15, 0.2) is 0 Å². The lowest BCUT2D eigenvalue weighted by Gasteiger charge is -2.46. The molecule has 0 saturated carbocycles. The molecule has 1 atom stereocenters. The first kappa shape index (κ1) is 25.1. The first-order valence-corrected chi connectivity index (χ1v) is 12.0. The van der Waals surface area contributed by atoms with Crippen molar-refractivity contribution in [2.45, 2.75) is 64.0 Å². The molecule has 1 aliphatic heterocycles. The highest BCUT2D eigenvalue weighted by atomic mass is 16.5. The van der Waals surface area contributed by atoms with Gasteiger partial charge in [-0.25, -0.2) is 0 Å². The largest absolute Gasteiger partial charge is 0.497 e. The van der Waals surface area contributed by atoms with Crippen molar-refractivity contribution in [1.82, 2.24) is 4.90 Å². The molecule has 2 aromatic rings. The summed E-state index contributed by atoms with van der Waals surface area (Å²) >= 11 is 0. The first-order valence-electron chi connectivity index (χ1n) is 12.0. The SMILES string of the molecule is CCC(=O)N(CC[C@@]1(c2ccc(OC)cc2)CCOC(C)(C)C1)Cc1ccc(N(C)C)cc1. The number of benzene rings is 2. The minimum atomic E-state index is -0.195. The molecule has 0 bridgehead atoms. The summed E-state index contributed by atoms with van der Waals surface area (Å²) in [6.45, 7) is 8.38. The van der Waals surface area contributed by atoms with E-state index in [1.165, 1.54) is 5.56 Å². The molecule has 1 saturated heterocycles. The van der Waals surface area contributed by atoms with Crippen molar-refractivity contribution in [3.63, 3.8) is 0 Å². The van der Waals surface area contributed by atoms with Crippen molar-refractivity contribution in [2.75, 3.05) is 39.3 Å². The van der Waals surface area contributed by atoms with Crippen LogP contribution < -0.4 is 9.64 Å². The van der Waals surface area contributed by atoms with E-state index in [-0.39, 0.29) is 16.9 Å². The first-order chi connectivity index (χ1) is 15.7. The van der Waals surface area contributed by atoms with Crippen LogP contribution in [-0.2, 0) is 21.5 Å². The van der Waals surface area contributed by atoms with E-state index in [0.717, 1.165) is 49.4 Å². The summed E-state index contributed by atoms with van der Waals surface area (Å²) in [7, 11) is 5.77. The normalized spacial score (nSPS) is 19.7. The maximum atomic E-state index is 12.9. The Balaban J connectivity index is 1.82. The quantitative estimate of drug-likeness (QED) is 0.510. The summed E-state index contributed by atoms with van der Waals surface area (Å²) in [6, 6.07) is 16.9. The molecule has 1 amide bonds. The number of amides is 1. The molecule has 2 aromatic carbocycles. The molecular formula is C28H40N2O3. The molecule has 0 unspecified atom stereocenters. The molecule has 1 fully saturated rings. The van der Waals surface area contributed by atoms with Gasteiger partial charge in [-0.2, -0.15) is 0 Å². The minimum Gasteiger partial charge on any atom is -0.497 e. The zero-order chi connectivity index (χ0) is 24.1. The molecule has 0 radical (unpaired) electrons. The van der Waals surface area contributed by atoms with Gasteiger partial charge in [0.05, 0.1) is 12.7 Å². The van der Waals surface area contributed by atoms with Gasteiger partial charge in [-0.15, -0.1) is 0 Å². The van der Waals surface area contributed by atoms with Gasteiger partial charge in [-0.1, -0.05) is 31.2 Å². The Morgan fingerprint density at radius 3 is 2.27 bits per heavy atom. The van der Waals surface area contributed by atoms with E-state index >= 15 is 0 Å². The van der Waals surface area contributed by atoms with Crippen molar-refractivity contribution < 1.29 is 14.3 Å². The Kier molecular flexibility index (Phi) is 8.06. The van der Waals surface area contributed by atoms with E-state index in [4.69, 9.17) is 9.47 Å². The van der Waals surface area contributed by atoms with Crippen LogP contribution in [0.5, 0.6) is 5.75 Å². The van der Waals surface area contributed by atoms with Crippen molar-refractivity contribution >= 4 is 11.6 Å². The van der Waals surface area contributed by atoms with E-state index in [9.17, 15) is 4.79 Å². The van der Waals surface area contributed by atoms with Crippen LogP contribution in [0.15, 0.2) is 48.5 Å². The summed E-state index contributed by atoms with van der Waals surface area (Å²) in [5, 5.41) is 0. The summed E-state index contributed by atoms with van der Waals surface area (Å²) in [4.78, 5) is 17.0. The van der Waals surface area contributed by atoms with Crippen LogP contribution in [0, 0.1) is 0 Å². The number of ether oxygens (including phenoxy) is 2. The molecule has 33 heavy (non-hydrogen) atoms. The molecule has 3 rings (SSSR count). The monoisotopic (exact) mass is 452 g/mol.